The molecule has 0 unspecified atom stereocenters. The van der Waals surface area contributed by atoms with Gasteiger partial charge in [-0.2, -0.15) is 0 Å². The largest absolute Gasteiger partial charge is 0.457 e. The Labute approximate surface area is 121 Å². The molecule has 1 N–H and O–H groups in total. The van der Waals surface area contributed by atoms with E-state index >= 15 is 0 Å². The number of ether oxygens (including phenoxy) is 1. The van der Waals surface area contributed by atoms with Gasteiger partial charge in [0.1, 0.15) is 17.3 Å². The molecule has 0 saturated carbocycles. The molecule has 5 heteroatoms. The minimum absolute atomic E-state index is 0.0638. The minimum Gasteiger partial charge on any atom is -0.457 e. The van der Waals surface area contributed by atoms with Crippen molar-refractivity contribution in [1.82, 2.24) is 5.32 Å². The molecule has 19 heavy (non-hydrogen) atoms. The topological polar surface area (TPSA) is 21.3 Å². The Balaban J connectivity index is 2.30. The van der Waals surface area contributed by atoms with E-state index in [1.165, 1.54) is 12.1 Å². The maximum absolute atomic E-state index is 13.4. The lowest BCUT2D eigenvalue weighted by molar-refractivity contribution is 0.469. The number of halogens is 3. The van der Waals surface area contributed by atoms with E-state index in [9.17, 15) is 4.39 Å². The monoisotopic (exact) mass is 299 g/mol. The molecule has 0 aliphatic heterocycles. The van der Waals surface area contributed by atoms with Crippen molar-refractivity contribution in [1.29, 1.82) is 0 Å². The second-order valence-electron chi connectivity index (χ2n) is 3.96. The fourth-order valence-corrected chi connectivity index (χ4v) is 1.91. The highest BCUT2D eigenvalue weighted by molar-refractivity contribution is 6.31. The van der Waals surface area contributed by atoms with Crippen LogP contribution in [0.4, 0.5) is 4.39 Å². The summed E-state index contributed by atoms with van der Waals surface area (Å²) in [5.41, 5.74) is 0.933. The Hall–Kier alpha value is -1.29. The third-order valence-corrected chi connectivity index (χ3v) is 3.06. The van der Waals surface area contributed by atoms with Gasteiger partial charge in [0.15, 0.2) is 0 Å². The second-order valence-corrected chi connectivity index (χ2v) is 4.80. The van der Waals surface area contributed by atoms with Crippen LogP contribution in [0, 0.1) is 5.82 Å². The summed E-state index contributed by atoms with van der Waals surface area (Å²) in [5, 5.41) is 3.66. The molecule has 0 aliphatic carbocycles. The van der Waals surface area contributed by atoms with E-state index in [4.69, 9.17) is 27.9 Å². The molecule has 0 fully saturated rings. The molecule has 0 spiro atoms. The predicted octanol–water partition coefficient (Wildman–Crippen LogP) is 4.64. The van der Waals surface area contributed by atoms with Crippen molar-refractivity contribution in [3.05, 3.63) is 57.8 Å². The van der Waals surface area contributed by atoms with E-state index in [-0.39, 0.29) is 5.02 Å². The molecule has 2 aromatic rings. The summed E-state index contributed by atoms with van der Waals surface area (Å²) in [6.07, 6.45) is 0. The van der Waals surface area contributed by atoms with Crippen molar-refractivity contribution < 1.29 is 9.13 Å². The first-order valence-corrected chi connectivity index (χ1v) is 6.41. The summed E-state index contributed by atoms with van der Waals surface area (Å²) in [4.78, 5) is 0. The van der Waals surface area contributed by atoms with Crippen LogP contribution in [0.25, 0.3) is 0 Å². The lowest BCUT2D eigenvalue weighted by atomic mass is 10.2. The van der Waals surface area contributed by atoms with Crippen LogP contribution >= 0.6 is 23.2 Å². The van der Waals surface area contributed by atoms with Gasteiger partial charge in [-0.15, -0.1) is 0 Å². The Morgan fingerprint density at radius 3 is 2.63 bits per heavy atom. The summed E-state index contributed by atoms with van der Waals surface area (Å²) in [5.74, 6) is 0.446. The zero-order valence-corrected chi connectivity index (χ0v) is 11.7. The first kappa shape index (κ1) is 14.1. The summed E-state index contributed by atoms with van der Waals surface area (Å²) in [6, 6.07) is 9.64. The van der Waals surface area contributed by atoms with Crippen molar-refractivity contribution in [2.24, 2.45) is 0 Å². The van der Waals surface area contributed by atoms with Gasteiger partial charge in [-0.3, -0.25) is 0 Å². The van der Waals surface area contributed by atoms with Crippen LogP contribution in [0.3, 0.4) is 0 Å². The molecule has 100 valence electrons. The highest BCUT2D eigenvalue weighted by Crippen LogP contribution is 2.30. The van der Waals surface area contributed by atoms with E-state index < -0.39 is 5.82 Å². The average Bonchev–Trinajstić information content (AvgIpc) is 2.37. The molecule has 0 bridgehead atoms. The molecule has 0 heterocycles. The molecule has 2 nitrogen and oxygen atoms in total. The standard InChI is InChI=1S/C14H12Cl2FNO/c1-18-8-9-2-3-10(15)6-14(9)19-11-4-5-12(16)13(17)7-11/h2-7,18H,8H2,1H3. The normalized spacial score (nSPS) is 10.5. The third-order valence-electron chi connectivity index (χ3n) is 2.52. The fourth-order valence-electron chi connectivity index (χ4n) is 1.63. The van der Waals surface area contributed by atoms with Crippen molar-refractivity contribution in [3.8, 4) is 11.5 Å². The summed E-state index contributed by atoms with van der Waals surface area (Å²) < 4.78 is 19.0. The summed E-state index contributed by atoms with van der Waals surface area (Å²) in [6.45, 7) is 0.628. The SMILES string of the molecule is CNCc1ccc(Cl)cc1Oc1ccc(Cl)c(F)c1. The van der Waals surface area contributed by atoms with Crippen LogP contribution in [-0.4, -0.2) is 7.05 Å². The highest BCUT2D eigenvalue weighted by atomic mass is 35.5. The van der Waals surface area contributed by atoms with Gasteiger partial charge in [-0.1, -0.05) is 29.3 Å². The molecule has 2 rings (SSSR count). The van der Waals surface area contributed by atoms with Crippen LogP contribution < -0.4 is 10.1 Å². The minimum atomic E-state index is -0.517. The van der Waals surface area contributed by atoms with Crippen LogP contribution in [0.1, 0.15) is 5.56 Å². The molecule has 0 radical (unpaired) electrons. The molecule has 0 aliphatic rings. The van der Waals surface area contributed by atoms with Crippen LogP contribution in [0.15, 0.2) is 36.4 Å². The maximum Gasteiger partial charge on any atom is 0.145 e. The highest BCUT2D eigenvalue weighted by Gasteiger charge is 2.07. The number of hydrogen-bond acceptors (Lipinski definition) is 2. The Kier molecular flexibility index (Phi) is 4.64. The summed E-state index contributed by atoms with van der Waals surface area (Å²) >= 11 is 11.6. The Bertz CT molecular complexity index is 590. The average molecular weight is 300 g/mol. The lowest BCUT2D eigenvalue weighted by Crippen LogP contribution is -2.06. The number of benzene rings is 2. The smallest absolute Gasteiger partial charge is 0.145 e. The molecule has 0 aromatic heterocycles. The van der Waals surface area contributed by atoms with Crippen molar-refractivity contribution in [2.45, 2.75) is 6.54 Å². The Morgan fingerprint density at radius 2 is 1.95 bits per heavy atom. The van der Waals surface area contributed by atoms with Gasteiger partial charge >= 0.3 is 0 Å². The van der Waals surface area contributed by atoms with Gasteiger partial charge in [0, 0.05) is 23.2 Å². The van der Waals surface area contributed by atoms with Gasteiger partial charge < -0.3 is 10.1 Å². The Morgan fingerprint density at radius 1 is 1.16 bits per heavy atom. The molecule has 0 saturated heterocycles. The number of hydrogen-bond donors (Lipinski definition) is 1. The molecular weight excluding hydrogens is 288 g/mol. The van der Waals surface area contributed by atoms with Crippen molar-refractivity contribution in [3.63, 3.8) is 0 Å². The maximum atomic E-state index is 13.4. The van der Waals surface area contributed by atoms with Gasteiger partial charge in [-0.25, -0.2) is 4.39 Å². The van der Waals surface area contributed by atoms with Gasteiger partial charge in [0.05, 0.1) is 5.02 Å². The third kappa shape index (κ3) is 3.60. The first-order valence-electron chi connectivity index (χ1n) is 5.66. The van der Waals surface area contributed by atoms with E-state index in [2.05, 4.69) is 5.32 Å². The van der Waals surface area contributed by atoms with Gasteiger partial charge in [0.25, 0.3) is 0 Å². The fraction of sp³-hybridized carbons (Fsp3) is 0.143. The van der Waals surface area contributed by atoms with E-state index in [0.29, 0.717) is 23.1 Å². The quantitative estimate of drug-likeness (QED) is 0.888. The lowest BCUT2D eigenvalue weighted by Gasteiger charge is -2.11. The van der Waals surface area contributed by atoms with E-state index in [1.807, 2.05) is 13.1 Å². The van der Waals surface area contributed by atoms with Crippen molar-refractivity contribution in [2.75, 3.05) is 7.05 Å². The van der Waals surface area contributed by atoms with E-state index in [1.54, 1.807) is 18.2 Å². The predicted molar refractivity (Wildman–Crippen MR) is 75.7 cm³/mol. The second kappa shape index (κ2) is 6.24. The van der Waals surface area contributed by atoms with Crippen molar-refractivity contribution >= 4 is 23.2 Å². The molecular formula is C14H12Cl2FNO. The van der Waals surface area contributed by atoms with Crippen LogP contribution in [-0.2, 0) is 6.54 Å². The zero-order chi connectivity index (χ0) is 13.8. The number of rotatable bonds is 4. The molecule has 0 amide bonds. The molecule has 2 aromatic carbocycles. The zero-order valence-electron chi connectivity index (χ0n) is 10.2. The van der Waals surface area contributed by atoms with Crippen LogP contribution in [0.2, 0.25) is 10.0 Å². The molecule has 0 atom stereocenters. The summed E-state index contributed by atoms with van der Waals surface area (Å²) in [7, 11) is 1.83. The first-order chi connectivity index (χ1) is 9.10. The van der Waals surface area contributed by atoms with Gasteiger partial charge in [-0.05, 0) is 31.3 Å². The number of nitrogens with one attached hydrogen (secondary N) is 1. The van der Waals surface area contributed by atoms with Crippen LogP contribution in [0.5, 0.6) is 11.5 Å². The van der Waals surface area contributed by atoms with E-state index in [0.717, 1.165) is 5.56 Å². The van der Waals surface area contributed by atoms with Gasteiger partial charge in [0.2, 0.25) is 0 Å².